The molecule has 0 unspecified atom stereocenters. The summed E-state index contributed by atoms with van der Waals surface area (Å²) in [5.41, 5.74) is 0.169. The Morgan fingerprint density at radius 3 is 2.91 bits per heavy atom. The Bertz CT molecular complexity index is 300. The fourth-order valence-corrected chi connectivity index (χ4v) is 0.605. The summed E-state index contributed by atoms with van der Waals surface area (Å²) < 4.78 is 24.8. The molecule has 0 saturated heterocycles. The van der Waals surface area contributed by atoms with E-state index in [0.717, 1.165) is 6.20 Å². The van der Waals surface area contributed by atoms with Crippen LogP contribution in [-0.2, 0) is 0 Å². The van der Waals surface area contributed by atoms with Crippen molar-refractivity contribution in [3.8, 4) is 5.88 Å². The molecule has 0 atom stereocenters. The molecule has 4 nitrogen and oxygen atoms in total. The zero-order valence-electron chi connectivity index (χ0n) is 8.56. The Kier molecular flexibility index (Phi) is 1.45. The lowest BCUT2D eigenvalue weighted by molar-refractivity contribution is 0.397. The molecule has 0 radical (unpaired) electrons. The van der Waals surface area contributed by atoms with Crippen LogP contribution < -0.4 is 10.2 Å². The fourth-order valence-electron chi connectivity index (χ4n) is 0.605. The highest BCUT2D eigenvalue weighted by Gasteiger charge is 2.10. The lowest BCUT2D eigenvalue weighted by Crippen LogP contribution is -2.29. The smallest absolute Gasteiger partial charge is 0.481 e. The molecule has 0 aliphatic carbocycles. The first-order valence-corrected chi connectivity index (χ1v) is 2.89. The quantitative estimate of drug-likeness (QED) is 0.526. The normalized spacial score (nSPS) is 14.5. The molecule has 0 amide bonds. The Morgan fingerprint density at radius 1 is 1.64 bits per heavy atom. The molecule has 0 aromatic carbocycles. The second-order valence-electron chi connectivity index (χ2n) is 1.91. The molecule has 1 rings (SSSR count). The molecule has 58 valence electrons. The maximum atomic E-state index is 8.71. The van der Waals surface area contributed by atoms with Crippen LogP contribution in [0, 0.1) is 0 Å². The number of nitrogens with zero attached hydrogens (tertiary/aromatic N) is 1. The van der Waals surface area contributed by atoms with E-state index in [4.69, 9.17) is 14.2 Å². The number of methoxy groups -OCH3 is 1. The van der Waals surface area contributed by atoms with Crippen molar-refractivity contribution in [1.29, 1.82) is 0 Å². The lowest BCUT2D eigenvalue weighted by Gasteiger charge is -1.99. The maximum Gasteiger partial charge on any atom is 0.490 e. The summed E-state index contributed by atoms with van der Waals surface area (Å²) in [5, 5.41) is 17.4. The SMILES string of the molecule is [2H]C([2H])([2H])Oc1ccc(B(O)O)cn1. The van der Waals surface area contributed by atoms with Gasteiger partial charge in [-0.25, -0.2) is 4.98 Å². The Balaban J connectivity index is 2.74. The molecule has 2 N–H and O–H groups in total. The molecule has 0 aliphatic heterocycles. The minimum atomic E-state index is -2.55. The van der Waals surface area contributed by atoms with Crippen LogP contribution >= 0.6 is 0 Å². The zero-order chi connectivity index (χ0) is 10.8. The van der Waals surface area contributed by atoms with E-state index in [2.05, 4.69) is 9.72 Å². The van der Waals surface area contributed by atoms with Crippen molar-refractivity contribution >= 4 is 12.6 Å². The fraction of sp³-hybridized carbons (Fsp3) is 0.167. The van der Waals surface area contributed by atoms with Gasteiger partial charge in [-0.3, -0.25) is 0 Å². The van der Waals surface area contributed by atoms with Gasteiger partial charge in [0.2, 0.25) is 5.88 Å². The third-order valence-corrected chi connectivity index (χ3v) is 1.16. The largest absolute Gasteiger partial charge is 0.490 e. The topological polar surface area (TPSA) is 62.6 Å². The van der Waals surface area contributed by atoms with Crippen LogP contribution in [0.4, 0.5) is 0 Å². The van der Waals surface area contributed by atoms with E-state index in [1.165, 1.54) is 12.1 Å². The molecule has 0 fully saturated rings. The van der Waals surface area contributed by atoms with E-state index in [1.54, 1.807) is 0 Å². The maximum absolute atomic E-state index is 8.71. The first-order chi connectivity index (χ1) is 6.38. The van der Waals surface area contributed by atoms with E-state index >= 15 is 0 Å². The van der Waals surface area contributed by atoms with Crippen LogP contribution in [-0.4, -0.2) is 29.2 Å². The first-order valence-electron chi connectivity index (χ1n) is 4.39. The summed E-state index contributed by atoms with van der Waals surface area (Å²) in [7, 11) is -4.17. The molecule has 1 aromatic rings. The highest BCUT2D eigenvalue weighted by atomic mass is 16.5. The number of aromatic nitrogens is 1. The Labute approximate surface area is 68.8 Å². The highest BCUT2D eigenvalue weighted by Crippen LogP contribution is 1.99. The summed E-state index contributed by atoms with van der Waals surface area (Å²) in [6.45, 7) is 0. The number of ether oxygens (including phenoxy) is 1. The minimum absolute atomic E-state index is 0.0885. The predicted octanol–water partition coefficient (Wildman–Crippen LogP) is -1.23. The van der Waals surface area contributed by atoms with Gasteiger partial charge in [-0.05, 0) is 6.07 Å². The minimum Gasteiger partial charge on any atom is -0.481 e. The van der Waals surface area contributed by atoms with Crippen LogP contribution in [0.15, 0.2) is 18.3 Å². The van der Waals surface area contributed by atoms with Gasteiger partial charge in [-0.2, -0.15) is 0 Å². The third-order valence-electron chi connectivity index (χ3n) is 1.16. The van der Waals surface area contributed by atoms with E-state index in [0.29, 0.717) is 0 Å². The lowest BCUT2D eigenvalue weighted by atomic mass is 9.82. The summed E-state index contributed by atoms with van der Waals surface area (Å²) in [4.78, 5) is 3.58. The molecule has 11 heavy (non-hydrogen) atoms. The monoisotopic (exact) mass is 156 g/mol. The summed E-state index contributed by atoms with van der Waals surface area (Å²) in [5.74, 6) is -0.0885. The van der Waals surface area contributed by atoms with Gasteiger partial charge in [0.05, 0.1) is 11.2 Å². The van der Waals surface area contributed by atoms with E-state index in [-0.39, 0.29) is 11.3 Å². The van der Waals surface area contributed by atoms with Gasteiger partial charge in [-0.15, -0.1) is 0 Å². The number of hydrogen-bond donors (Lipinski definition) is 2. The van der Waals surface area contributed by atoms with Crippen molar-refractivity contribution in [3.63, 3.8) is 0 Å². The van der Waals surface area contributed by atoms with Gasteiger partial charge in [0.15, 0.2) is 0 Å². The van der Waals surface area contributed by atoms with Gasteiger partial charge in [-0.1, -0.05) is 6.07 Å². The van der Waals surface area contributed by atoms with Crippen LogP contribution in [0.1, 0.15) is 4.11 Å². The molecule has 1 heterocycles. The van der Waals surface area contributed by atoms with Gasteiger partial charge in [0.25, 0.3) is 0 Å². The van der Waals surface area contributed by atoms with Crippen LogP contribution in [0.5, 0.6) is 5.88 Å². The van der Waals surface area contributed by atoms with Crippen molar-refractivity contribution in [3.05, 3.63) is 18.3 Å². The number of rotatable bonds is 2. The van der Waals surface area contributed by atoms with Crippen molar-refractivity contribution in [2.75, 3.05) is 7.04 Å². The molecule has 1 aromatic heterocycles. The first kappa shape index (κ1) is 4.74. The zero-order valence-corrected chi connectivity index (χ0v) is 5.56. The second-order valence-corrected chi connectivity index (χ2v) is 1.91. The van der Waals surface area contributed by atoms with Crippen molar-refractivity contribution in [2.24, 2.45) is 0 Å². The predicted molar refractivity (Wildman–Crippen MR) is 40.6 cm³/mol. The number of hydrogen-bond acceptors (Lipinski definition) is 4. The molecule has 0 saturated carbocycles. The van der Waals surface area contributed by atoms with E-state index in [9.17, 15) is 0 Å². The van der Waals surface area contributed by atoms with Crippen molar-refractivity contribution < 1.29 is 18.9 Å². The van der Waals surface area contributed by atoms with Gasteiger partial charge >= 0.3 is 7.12 Å². The molecule has 0 spiro atoms. The summed E-state index contributed by atoms with van der Waals surface area (Å²) >= 11 is 0. The third kappa shape index (κ3) is 1.93. The Morgan fingerprint density at radius 2 is 2.45 bits per heavy atom. The van der Waals surface area contributed by atoms with Gasteiger partial charge in [0, 0.05) is 11.7 Å². The molecular weight excluding hydrogens is 145 g/mol. The van der Waals surface area contributed by atoms with Crippen LogP contribution in [0.3, 0.4) is 0 Å². The van der Waals surface area contributed by atoms with Crippen molar-refractivity contribution in [1.82, 2.24) is 4.98 Å². The number of pyridine rings is 1. The van der Waals surface area contributed by atoms with Crippen molar-refractivity contribution in [2.45, 2.75) is 0 Å². The molecule has 0 aliphatic rings. The van der Waals surface area contributed by atoms with Gasteiger partial charge in [0.1, 0.15) is 0 Å². The highest BCUT2D eigenvalue weighted by molar-refractivity contribution is 6.58. The van der Waals surface area contributed by atoms with Crippen LogP contribution in [0.25, 0.3) is 0 Å². The molecular formula is C6H8BNO3. The molecule has 5 heteroatoms. The average molecular weight is 156 g/mol. The molecule has 0 bridgehead atoms. The second kappa shape index (κ2) is 3.36. The summed E-state index contributed by atoms with van der Waals surface area (Å²) in [6.07, 6.45) is 1.13. The van der Waals surface area contributed by atoms with Crippen LogP contribution in [0.2, 0.25) is 0 Å². The van der Waals surface area contributed by atoms with E-state index < -0.39 is 14.2 Å². The standard InChI is InChI=1S/C6H8BNO3/c1-11-6-3-2-5(4-8-6)7(9)10/h2-4,9-10H,1H3/i1D3. The average Bonchev–Trinajstić information content (AvgIpc) is 2.02. The van der Waals surface area contributed by atoms with Gasteiger partial charge < -0.3 is 14.8 Å². The Hall–Kier alpha value is -1.07. The summed E-state index contributed by atoms with van der Waals surface area (Å²) in [6, 6.07) is 2.57. The van der Waals surface area contributed by atoms with E-state index in [1.807, 2.05) is 0 Å².